The van der Waals surface area contributed by atoms with Gasteiger partial charge < -0.3 is 15.4 Å². The van der Waals surface area contributed by atoms with Gasteiger partial charge in [0.1, 0.15) is 23.1 Å². The molecule has 3 aromatic rings. The highest BCUT2D eigenvalue weighted by molar-refractivity contribution is 6.03. The van der Waals surface area contributed by atoms with Crippen LogP contribution in [-0.4, -0.2) is 18.0 Å². The van der Waals surface area contributed by atoms with Crippen LogP contribution in [0, 0.1) is 11.6 Å². The number of nitrogens with zero attached hydrogens (tertiary/aromatic N) is 1. The summed E-state index contributed by atoms with van der Waals surface area (Å²) in [5, 5.41) is 5.56. The molecule has 0 radical (unpaired) electrons. The van der Waals surface area contributed by atoms with Gasteiger partial charge in [-0.05, 0) is 30.3 Å². The Morgan fingerprint density at radius 2 is 1.93 bits per heavy atom. The summed E-state index contributed by atoms with van der Waals surface area (Å²) >= 11 is 0. The molecule has 1 amide bonds. The van der Waals surface area contributed by atoms with E-state index in [4.69, 9.17) is 4.74 Å². The molecule has 2 aromatic carbocycles. The van der Waals surface area contributed by atoms with Crippen LogP contribution >= 0.6 is 0 Å². The van der Waals surface area contributed by atoms with E-state index in [2.05, 4.69) is 15.6 Å². The number of rotatable bonds is 6. The van der Waals surface area contributed by atoms with E-state index in [0.29, 0.717) is 18.3 Å². The Labute approximate surface area is 155 Å². The van der Waals surface area contributed by atoms with Gasteiger partial charge in [-0.25, -0.2) is 13.8 Å². The molecule has 0 aliphatic carbocycles. The van der Waals surface area contributed by atoms with E-state index in [1.165, 1.54) is 12.3 Å². The number of halogens is 2. The number of ether oxygens (including phenoxy) is 1. The number of carbonyl (C=O) groups excluding carboxylic acids is 1. The fourth-order valence-electron chi connectivity index (χ4n) is 2.46. The van der Waals surface area contributed by atoms with Crippen LogP contribution in [0.4, 0.5) is 20.2 Å². The van der Waals surface area contributed by atoms with Crippen LogP contribution < -0.4 is 15.4 Å². The highest BCUT2D eigenvalue weighted by Gasteiger charge is 2.11. The zero-order valence-corrected chi connectivity index (χ0v) is 14.5. The number of amides is 1. The number of benzene rings is 2. The van der Waals surface area contributed by atoms with Gasteiger partial charge in [-0.3, -0.25) is 4.79 Å². The molecule has 1 heterocycles. The van der Waals surface area contributed by atoms with Crippen molar-refractivity contribution in [2.75, 3.05) is 17.7 Å². The van der Waals surface area contributed by atoms with Crippen LogP contribution in [0.5, 0.6) is 5.75 Å². The molecule has 0 saturated heterocycles. The molecule has 3 rings (SSSR count). The summed E-state index contributed by atoms with van der Waals surface area (Å²) in [6.07, 6.45) is 1.51. The summed E-state index contributed by atoms with van der Waals surface area (Å²) < 4.78 is 31.8. The number of pyridine rings is 1. The first kappa shape index (κ1) is 18.3. The van der Waals surface area contributed by atoms with Gasteiger partial charge in [-0.1, -0.05) is 18.2 Å². The van der Waals surface area contributed by atoms with Crippen molar-refractivity contribution in [1.82, 2.24) is 4.98 Å². The number of hydrogen-bond donors (Lipinski definition) is 2. The Bertz CT molecular complexity index is 946. The molecule has 0 spiro atoms. The van der Waals surface area contributed by atoms with E-state index in [1.54, 1.807) is 13.2 Å². The van der Waals surface area contributed by atoms with Gasteiger partial charge in [0.2, 0.25) is 0 Å². The zero-order chi connectivity index (χ0) is 19.2. The summed E-state index contributed by atoms with van der Waals surface area (Å²) in [6.45, 7) is 0.526. The largest absolute Gasteiger partial charge is 0.496 e. The second-order valence-corrected chi connectivity index (χ2v) is 5.68. The minimum absolute atomic E-state index is 0.110. The monoisotopic (exact) mass is 369 g/mol. The van der Waals surface area contributed by atoms with Crippen LogP contribution in [0.25, 0.3) is 0 Å². The second-order valence-electron chi connectivity index (χ2n) is 5.68. The van der Waals surface area contributed by atoms with Crippen LogP contribution in [0.2, 0.25) is 0 Å². The number of hydrogen-bond acceptors (Lipinski definition) is 4. The van der Waals surface area contributed by atoms with Gasteiger partial charge in [-0.15, -0.1) is 0 Å². The molecular formula is C20H17F2N3O2. The highest BCUT2D eigenvalue weighted by atomic mass is 19.1. The number of nitrogens with one attached hydrogen (secondary N) is 2. The SMILES string of the molecule is COc1ccccc1CNc1ccc(C(=O)Nc2ccc(F)cc2F)nc1. The number of carbonyl (C=O) groups is 1. The first-order valence-electron chi connectivity index (χ1n) is 8.15. The third-order valence-electron chi connectivity index (χ3n) is 3.85. The molecule has 7 heteroatoms. The van der Waals surface area contributed by atoms with Crippen molar-refractivity contribution < 1.29 is 18.3 Å². The van der Waals surface area contributed by atoms with Crippen molar-refractivity contribution in [2.24, 2.45) is 0 Å². The molecule has 0 bridgehead atoms. The van der Waals surface area contributed by atoms with Crippen molar-refractivity contribution in [3.05, 3.63) is 83.7 Å². The molecule has 0 unspecified atom stereocenters. The number of para-hydroxylation sites is 1. The fraction of sp³-hybridized carbons (Fsp3) is 0.100. The third kappa shape index (κ3) is 4.58. The van der Waals surface area contributed by atoms with Gasteiger partial charge in [0.15, 0.2) is 0 Å². The average molecular weight is 369 g/mol. The zero-order valence-electron chi connectivity index (χ0n) is 14.5. The normalized spacial score (nSPS) is 10.3. The van der Waals surface area contributed by atoms with E-state index >= 15 is 0 Å². The van der Waals surface area contributed by atoms with Crippen molar-refractivity contribution in [3.8, 4) is 5.75 Å². The van der Waals surface area contributed by atoms with E-state index in [1.807, 2.05) is 24.3 Å². The standard InChI is InChI=1S/C20H17F2N3O2/c1-27-19-5-3-2-4-13(19)11-23-15-7-9-18(24-12-15)20(26)25-17-8-6-14(21)10-16(17)22/h2-10,12,23H,11H2,1H3,(H,25,26). The van der Waals surface area contributed by atoms with Gasteiger partial charge in [0, 0.05) is 18.2 Å². The number of aromatic nitrogens is 1. The summed E-state index contributed by atoms with van der Waals surface area (Å²) in [5.41, 5.74) is 1.70. The number of anilines is 2. The lowest BCUT2D eigenvalue weighted by atomic mass is 10.2. The lowest BCUT2D eigenvalue weighted by molar-refractivity contribution is 0.102. The summed E-state index contributed by atoms with van der Waals surface area (Å²) in [7, 11) is 1.61. The average Bonchev–Trinajstić information content (AvgIpc) is 2.69. The third-order valence-corrected chi connectivity index (χ3v) is 3.85. The Morgan fingerprint density at radius 1 is 1.11 bits per heavy atom. The predicted molar refractivity (Wildman–Crippen MR) is 98.9 cm³/mol. The Balaban J connectivity index is 1.63. The Kier molecular flexibility index (Phi) is 5.61. The lowest BCUT2D eigenvalue weighted by Crippen LogP contribution is -2.14. The van der Waals surface area contributed by atoms with E-state index in [9.17, 15) is 13.6 Å². The lowest BCUT2D eigenvalue weighted by Gasteiger charge is -2.11. The summed E-state index contributed by atoms with van der Waals surface area (Å²) in [6, 6.07) is 13.8. The van der Waals surface area contributed by atoms with Gasteiger partial charge >= 0.3 is 0 Å². The fourth-order valence-corrected chi connectivity index (χ4v) is 2.46. The maximum Gasteiger partial charge on any atom is 0.274 e. The molecule has 0 atom stereocenters. The Hall–Kier alpha value is -3.48. The second kappa shape index (κ2) is 8.27. The summed E-state index contributed by atoms with van der Waals surface area (Å²) in [5.74, 6) is -1.38. The van der Waals surface area contributed by atoms with Crippen molar-refractivity contribution in [3.63, 3.8) is 0 Å². The molecule has 2 N–H and O–H groups in total. The van der Waals surface area contributed by atoms with Gasteiger partial charge in [0.05, 0.1) is 24.7 Å². The highest BCUT2D eigenvalue weighted by Crippen LogP contribution is 2.19. The van der Waals surface area contributed by atoms with Crippen molar-refractivity contribution >= 4 is 17.3 Å². The molecule has 0 aliphatic rings. The first-order valence-corrected chi connectivity index (χ1v) is 8.15. The minimum Gasteiger partial charge on any atom is -0.496 e. The molecule has 5 nitrogen and oxygen atoms in total. The van der Waals surface area contributed by atoms with Crippen LogP contribution in [0.15, 0.2) is 60.8 Å². The minimum atomic E-state index is -0.849. The number of methoxy groups -OCH3 is 1. The smallest absolute Gasteiger partial charge is 0.274 e. The van der Waals surface area contributed by atoms with Crippen molar-refractivity contribution in [1.29, 1.82) is 0 Å². The van der Waals surface area contributed by atoms with Crippen LogP contribution in [0.3, 0.4) is 0 Å². The predicted octanol–water partition coefficient (Wildman–Crippen LogP) is 4.23. The maximum absolute atomic E-state index is 13.6. The summed E-state index contributed by atoms with van der Waals surface area (Å²) in [4.78, 5) is 16.2. The van der Waals surface area contributed by atoms with Gasteiger partial charge in [0.25, 0.3) is 5.91 Å². The quantitative estimate of drug-likeness (QED) is 0.682. The van der Waals surface area contributed by atoms with E-state index < -0.39 is 17.5 Å². The molecule has 0 saturated carbocycles. The van der Waals surface area contributed by atoms with E-state index in [0.717, 1.165) is 23.4 Å². The topological polar surface area (TPSA) is 63.2 Å². The van der Waals surface area contributed by atoms with Gasteiger partial charge in [-0.2, -0.15) is 0 Å². The van der Waals surface area contributed by atoms with Crippen molar-refractivity contribution in [2.45, 2.75) is 6.54 Å². The molecular weight excluding hydrogens is 352 g/mol. The van der Waals surface area contributed by atoms with Crippen LogP contribution in [-0.2, 0) is 6.54 Å². The molecule has 138 valence electrons. The van der Waals surface area contributed by atoms with E-state index in [-0.39, 0.29) is 11.4 Å². The molecule has 0 fully saturated rings. The molecule has 27 heavy (non-hydrogen) atoms. The van der Waals surface area contributed by atoms with Crippen LogP contribution in [0.1, 0.15) is 16.1 Å². The Morgan fingerprint density at radius 3 is 2.63 bits per heavy atom. The first-order chi connectivity index (χ1) is 13.1. The molecule has 0 aliphatic heterocycles. The molecule has 1 aromatic heterocycles. The maximum atomic E-state index is 13.6.